The van der Waals surface area contributed by atoms with E-state index in [9.17, 15) is 0 Å². The normalized spacial score (nSPS) is 10.5. The molecule has 0 aromatic heterocycles. The molecule has 1 aromatic rings. The van der Waals surface area contributed by atoms with Crippen molar-refractivity contribution in [2.24, 2.45) is 0 Å². The number of halogens is 1. The maximum Gasteiger partial charge on any atom is 0.00344 e. The first-order valence-corrected chi connectivity index (χ1v) is 5.90. The van der Waals surface area contributed by atoms with Gasteiger partial charge in [-0.15, -0.1) is 0 Å². The number of hydrogen-bond acceptors (Lipinski definition) is 0. The maximum atomic E-state index is 3.47. The summed E-state index contributed by atoms with van der Waals surface area (Å²) in [6, 6.07) is 4.55. The van der Waals surface area contributed by atoms with Crippen molar-refractivity contribution in [2.45, 2.75) is 33.6 Å². The lowest BCUT2D eigenvalue weighted by Crippen LogP contribution is -1.95. The number of benzene rings is 1. The summed E-state index contributed by atoms with van der Waals surface area (Å²) in [5.74, 6) is 0. The lowest BCUT2D eigenvalue weighted by atomic mass is 9.97. The van der Waals surface area contributed by atoms with Crippen LogP contribution in [0.15, 0.2) is 12.1 Å². The van der Waals surface area contributed by atoms with Crippen molar-refractivity contribution >= 4 is 15.9 Å². The van der Waals surface area contributed by atoms with Crippen molar-refractivity contribution in [1.29, 1.82) is 0 Å². The Balaban J connectivity index is 2.92. The summed E-state index contributed by atoms with van der Waals surface area (Å²) in [5.41, 5.74) is 5.79. The summed E-state index contributed by atoms with van der Waals surface area (Å²) >= 11 is 3.47. The molecule has 0 aliphatic rings. The van der Waals surface area contributed by atoms with Crippen molar-refractivity contribution in [3.63, 3.8) is 0 Å². The van der Waals surface area contributed by atoms with Crippen LogP contribution in [-0.4, -0.2) is 5.33 Å². The third-order valence-corrected chi connectivity index (χ3v) is 2.96. The van der Waals surface area contributed by atoms with Crippen molar-refractivity contribution in [1.82, 2.24) is 0 Å². The fourth-order valence-electron chi connectivity index (χ4n) is 1.85. The first-order valence-electron chi connectivity index (χ1n) is 4.78. The first kappa shape index (κ1) is 10.8. The van der Waals surface area contributed by atoms with Crippen LogP contribution in [0.4, 0.5) is 0 Å². The summed E-state index contributed by atoms with van der Waals surface area (Å²) in [7, 11) is 0. The molecule has 0 unspecified atom stereocenters. The van der Waals surface area contributed by atoms with Crippen LogP contribution >= 0.6 is 15.9 Å². The Morgan fingerprint density at radius 2 is 1.62 bits per heavy atom. The molecule has 0 amide bonds. The first-order chi connectivity index (χ1) is 6.15. The van der Waals surface area contributed by atoms with Crippen LogP contribution in [0.1, 0.15) is 28.7 Å². The van der Waals surface area contributed by atoms with Crippen LogP contribution in [-0.2, 0) is 6.42 Å². The summed E-state index contributed by atoms with van der Waals surface area (Å²) in [5, 5.41) is 1.10. The molecule has 1 aromatic carbocycles. The van der Waals surface area contributed by atoms with Gasteiger partial charge in [-0.05, 0) is 50.3 Å². The molecule has 0 spiro atoms. The standard InChI is InChI=1S/C12H17Br/c1-9-7-10(2)12(5-4-6-13)11(3)8-9/h7-8H,4-6H2,1-3H3. The minimum atomic E-state index is 1.10. The number of alkyl halides is 1. The van der Waals surface area contributed by atoms with Crippen molar-refractivity contribution in [3.05, 3.63) is 34.4 Å². The van der Waals surface area contributed by atoms with E-state index in [1.54, 1.807) is 0 Å². The molecule has 72 valence electrons. The summed E-state index contributed by atoms with van der Waals surface area (Å²) in [6.45, 7) is 6.58. The lowest BCUT2D eigenvalue weighted by molar-refractivity contribution is 0.917. The molecule has 0 radical (unpaired) electrons. The molecule has 0 nitrogen and oxygen atoms in total. The van der Waals surface area contributed by atoms with Gasteiger partial charge >= 0.3 is 0 Å². The highest BCUT2D eigenvalue weighted by molar-refractivity contribution is 9.09. The number of rotatable bonds is 3. The Bertz CT molecular complexity index is 266. The van der Waals surface area contributed by atoms with E-state index in [2.05, 4.69) is 48.8 Å². The highest BCUT2D eigenvalue weighted by atomic mass is 79.9. The van der Waals surface area contributed by atoms with E-state index in [1.807, 2.05) is 0 Å². The fourth-order valence-corrected chi connectivity index (χ4v) is 2.13. The van der Waals surface area contributed by atoms with Crippen LogP contribution in [0.2, 0.25) is 0 Å². The second-order valence-electron chi connectivity index (χ2n) is 3.67. The van der Waals surface area contributed by atoms with Gasteiger partial charge in [-0.1, -0.05) is 33.6 Å². The van der Waals surface area contributed by atoms with Crippen LogP contribution in [0.25, 0.3) is 0 Å². The maximum absolute atomic E-state index is 3.47. The van der Waals surface area contributed by atoms with Gasteiger partial charge in [0.25, 0.3) is 0 Å². The van der Waals surface area contributed by atoms with Crippen molar-refractivity contribution in [2.75, 3.05) is 5.33 Å². The minimum absolute atomic E-state index is 1.10. The molecule has 0 bridgehead atoms. The van der Waals surface area contributed by atoms with E-state index in [1.165, 1.54) is 35.1 Å². The quantitative estimate of drug-likeness (QED) is 0.703. The highest BCUT2D eigenvalue weighted by Gasteiger charge is 2.02. The predicted octanol–water partition coefficient (Wildman–Crippen LogP) is 3.94. The van der Waals surface area contributed by atoms with Crippen molar-refractivity contribution < 1.29 is 0 Å². The molecule has 13 heavy (non-hydrogen) atoms. The van der Waals surface area contributed by atoms with Gasteiger partial charge in [0.05, 0.1) is 0 Å². The van der Waals surface area contributed by atoms with Gasteiger partial charge in [-0.25, -0.2) is 0 Å². The molecule has 0 fully saturated rings. The molecule has 0 aliphatic carbocycles. The average Bonchev–Trinajstić information content (AvgIpc) is 2.02. The Labute approximate surface area is 89.5 Å². The summed E-state index contributed by atoms with van der Waals surface area (Å²) < 4.78 is 0. The molecule has 0 saturated heterocycles. The Hall–Kier alpha value is -0.300. The zero-order valence-corrected chi connectivity index (χ0v) is 10.2. The highest BCUT2D eigenvalue weighted by Crippen LogP contribution is 2.18. The van der Waals surface area contributed by atoms with Gasteiger partial charge in [-0.3, -0.25) is 0 Å². The Kier molecular flexibility index (Phi) is 3.98. The van der Waals surface area contributed by atoms with E-state index in [0.29, 0.717) is 0 Å². The van der Waals surface area contributed by atoms with E-state index in [0.717, 1.165) is 5.33 Å². The molecule has 1 heteroatoms. The lowest BCUT2D eigenvalue weighted by Gasteiger charge is -2.10. The third-order valence-electron chi connectivity index (χ3n) is 2.40. The van der Waals surface area contributed by atoms with Crippen LogP contribution < -0.4 is 0 Å². The van der Waals surface area contributed by atoms with Gasteiger partial charge in [0, 0.05) is 5.33 Å². The molecule has 0 saturated carbocycles. The predicted molar refractivity (Wildman–Crippen MR) is 62.8 cm³/mol. The molecule has 1 rings (SSSR count). The van der Waals surface area contributed by atoms with Gasteiger partial charge in [0.15, 0.2) is 0 Å². The zero-order valence-electron chi connectivity index (χ0n) is 8.65. The number of aryl methyl sites for hydroxylation is 3. The molecule has 0 aliphatic heterocycles. The average molecular weight is 241 g/mol. The van der Waals surface area contributed by atoms with Crippen molar-refractivity contribution in [3.8, 4) is 0 Å². The van der Waals surface area contributed by atoms with Crippen LogP contribution in [0.5, 0.6) is 0 Å². The number of hydrogen-bond donors (Lipinski definition) is 0. The van der Waals surface area contributed by atoms with E-state index >= 15 is 0 Å². The molecular weight excluding hydrogens is 224 g/mol. The summed E-state index contributed by atoms with van der Waals surface area (Å²) in [6.07, 6.45) is 2.42. The fraction of sp³-hybridized carbons (Fsp3) is 0.500. The second kappa shape index (κ2) is 4.80. The second-order valence-corrected chi connectivity index (χ2v) is 4.46. The molecule has 0 atom stereocenters. The molecule has 0 heterocycles. The SMILES string of the molecule is Cc1cc(C)c(CCCBr)c(C)c1. The smallest absolute Gasteiger partial charge is 0.00344 e. The van der Waals surface area contributed by atoms with E-state index < -0.39 is 0 Å². The Morgan fingerprint density at radius 1 is 1.08 bits per heavy atom. The van der Waals surface area contributed by atoms with Crippen LogP contribution in [0, 0.1) is 20.8 Å². The van der Waals surface area contributed by atoms with Gasteiger partial charge < -0.3 is 0 Å². The monoisotopic (exact) mass is 240 g/mol. The minimum Gasteiger partial charge on any atom is -0.0928 e. The topological polar surface area (TPSA) is 0 Å². The third kappa shape index (κ3) is 2.84. The van der Waals surface area contributed by atoms with E-state index in [-0.39, 0.29) is 0 Å². The van der Waals surface area contributed by atoms with Crippen LogP contribution in [0.3, 0.4) is 0 Å². The zero-order chi connectivity index (χ0) is 9.84. The molecule has 0 N–H and O–H groups in total. The largest absolute Gasteiger partial charge is 0.0928 e. The van der Waals surface area contributed by atoms with Gasteiger partial charge in [0.2, 0.25) is 0 Å². The molecular formula is C12H17Br. The van der Waals surface area contributed by atoms with Gasteiger partial charge in [-0.2, -0.15) is 0 Å². The Morgan fingerprint density at radius 3 is 2.08 bits per heavy atom. The van der Waals surface area contributed by atoms with Gasteiger partial charge in [0.1, 0.15) is 0 Å². The van der Waals surface area contributed by atoms with E-state index in [4.69, 9.17) is 0 Å². The summed E-state index contributed by atoms with van der Waals surface area (Å²) in [4.78, 5) is 0.